The Balaban J connectivity index is 2.36. The zero-order valence-electron chi connectivity index (χ0n) is 10.3. The summed E-state index contributed by atoms with van der Waals surface area (Å²) in [4.78, 5) is 25.3. The van der Waals surface area contributed by atoms with Gasteiger partial charge in [-0.25, -0.2) is 0 Å². The summed E-state index contributed by atoms with van der Waals surface area (Å²) < 4.78 is 0. The number of thioether (sulfide) groups is 1. The van der Waals surface area contributed by atoms with E-state index in [0.717, 1.165) is 17.0 Å². The lowest BCUT2D eigenvalue weighted by molar-refractivity contribution is -0.132. The van der Waals surface area contributed by atoms with Crippen molar-refractivity contribution in [1.29, 1.82) is 0 Å². The molecule has 0 aliphatic carbocycles. The zero-order chi connectivity index (χ0) is 13.1. The van der Waals surface area contributed by atoms with Gasteiger partial charge in [0.25, 0.3) is 0 Å². The molecule has 0 aromatic heterocycles. The fourth-order valence-corrected chi connectivity index (χ4v) is 2.56. The Morgan fingerprint density at radius 2 is 2.22 bits per heavy atom. The highest BCUT2D eigenvalue weighted by atomic mass is 32.2. The Bertz CT molecular complexity index is 476. The van der Waals surface area contributed by atoms with Crippen LogP contribution >= 0.6 is 11.8 Å². The first-order valence-corrected chi connectivity index (χ1v) is 7.22. The van der Waals surface area contributed by atoms with Crippen LogP contribution in [-0.2, 0) is 16.0 Å². The number of fused-ring (bicyclic) bond motifs is 1. The van der Waals surface area contributed by atoms with Crippen molar-refractivity contribution in [3.63, 3.8) is 0 Å². The first-order chi connectivity index (χ1) is 8.65. The van der Waals surface area contributed by atoms with Gasteiger partial charge in [0.2, 0.25) is 11.8 Å². The van der Waals surface area contributed by atoms with Crippen molar-refractivity contribution < 1.29 is 9.59 Å². The molecule has 0 saturated carbocycles. The first-order valence-electron chi connectivity index (χ1n) is 5.82. The van der Waals surface area contributed by atoms with E-state index in [1.807, 2.05) is 30.5 Å². The normalized spacial score (nSPS) is 18.6. The second-order valence-electron chi connectivity index (χ2n) is 4.27. The number of hydrogen-bond donors (Lipinski definition) is 1. The highest BCUT2D eigenvalue weighted by Gasteiger charge is 2.35. The number of rotatable bonds is 4. The number of para-hydroxylation sites is 1. The lowest BCUT2D eigenvalue weighted by Crippen LogP contribution is -2.47. The Kier molecular flexibility index (Phi) is 3.91. The smallest absolute Gasteiger partial charge is 0.239 e. The lowest BCUT2D eigenvalue weighted by Gasteiger charge is -2.32. The van der Waals surface area contributed by atoms with Gasteiger partial charge in [-0.15, -0.1) is 0 Å². The van der Waals surface area contributed by atoms with Gasteiger partial charge in [0.15, 0.2) is 0 Å². The van der Waals surface area contributed by atoms with Gasteiger partial charge in [0, 0.05) is 18.0 Å². The SMILES string of the molecule is CSCCN1C(=O)C(C(N)=O)Cc2ccccc21. The summed E-state index contributed by atoms with van der Waals surface area (Å²) in [5.41, 5.74) is 7.24. The van der Waals surface area contributed by atoms with Crippen molar-refractivity contribution in [3.05, 3.63) is 29.8 Å². The molecule has 0 saturated heterocycles. The third-order valence-corrected chi connectivity index (χ3v) is 3.72. The number of hydrogen-bond acceptors (Lipinski definition) is 3. The van der Waals surface area contributed by atoms with E-state index in [1.165, 1.54) is 0 Å². The average molecular weight is 264 g/mol. The molecule has 5 heteroatoms. The van der Waals surface area contributed by atoms with E-state index in [-0.39, 0.29) is 5.91 Å². The molecule has 2 N–H and O–H groups in total. The Labute approximate surface area is 111 Å². The van der Waals surface area contributed by atoms with Crippen LogP contribution in [0.1, 0.15) is 5.56 Å². The summed E-state index contributed by atoms with van der Waals surface area (Å²) >= 11 is 1.67. The van der Waals surface area contributed by atoms with Gasteiger partial charge < -0.3 is 10.6 Å². The maximum absolute atomic E-state index is 12.3. The van der Waals surface area contributed by atoms with E-state index in [1.54, 1.807) is 16.7 Å². The Morgan fingerprint density at radius 3 is 2.89 bits per heavy atom. The van der Waals surface area contributed by atoms with Crippen LogP contribution in [0.3, 0.4) is 0 Å². The van der Waals surface area contributed by atoms with Crippen LogP contribution in [0, 0.1) is 5.92 Å². The Morgan fingerprint density at radius 1 is 1.50 bits per heavy atom. The predicted octanol–water partition coefficient (Wildman–Crippen LogP) is 1.04. The molecular formula is C13H16N2O2S. The van der Waals surface area contributed by atoms with Gasteiger partial charge in [-0.2, -0.15) is 11.8 Å². The molecule has 1 unspecified atom stereocenters. The van der Waals surface area contributed by atoms with E-state index in [4.69, 9.17) is 5.73 Å². The van der Waals surface area contributed by atoms with Gasteiger partial charge in [-0.1, -0.05) is 18.2 Å². The number of carbonyl (C=O) groups excluding carboxylic acids is 2. The maximum atomic E-state index is 12.3. The maximum Gasteiger partial charge on any atom is 0.239 e. The molecule has 0 bridgehead atoms. The predicted molar refractivity (Wildman–Crippen MR) is 73.6 cm³/mol. The summed E-state index contributed by atoms with van der Waals surface area (Å²) in [6.07, 6.45) is 2.41. The number of nitrogens with zero attached hydrogens (tertiary/aromatic N) is 1. The second-order valence-corrected chi connectivity index (χ2v) is 5.26. The molecule has 0 radical (unpaired) electrons. The lowest BCUT2D eigenvalue weighted by atomic mass is 9.91. The highest BCUT2D eigenvalue weighted by molar-refractivity contribution is 7.98. The van der Waals surface area contributed by atoms with Crippen molar-refractivity contribution in [1.82, 2.24) is 0 Å². The van der Waals surface area contributed by atoms with Crippen LogP contribution in [0.2, 0.25) is 0 Å². The number of primary amides is 1. The second kappa shape index (κ2) is 5.44. The third kappa shape index (κ3) is 2.36. The number of anilines is 1. The van der Waals surface area contributed by atoms with Crippen molar-refractivity contribution >= 4 is 29.3 Å². The fourth-order valence-electron chi connectivity index (χ4n) is 2.20. The summed E-state index contributed by atoms with van der Waals surface area (Å²) in [5, 5.41) is 0. The number of carbonyl (C=O) groups is 2. The standard InChI is InChI=1S/C13H16N2O2S/c1-18-7-6-15-11-5-3-2-4-9(11)8-10(12(14)16)13(15)17/h2-5,10H,6-8H2,1H3,(H2,14,16). The minimum absolute atomic E-state index is 0.171. The molecule has 1 atom stereocenters. The monoisotopic (exact) mass is 264 g/mol. The molecule has 0 spiro atoms. The van der Waals surface area contributed by atoms with Crippen LogP contribution in [-0.4, -0.2) is 30.4 Å². The first kappa shape index (κ1) is 13.0. The van der Waals surface area contributed by atoms with E-state index >= 15 is 0 Å². The third-order valence-electron chi connectivity index (χ3n) is 3.13. The van der Waals surface area contributed by atoms with E-state index in [0.29, 0.717) is 13.0 Å². The van der Waals surface area contributed by atoms with Crippen LogP contribution in [0.4, 0.5) is 5.69 Å². The molecule has 1 aliphatic heterocycles. The number of amides is 2. The van der Waals surface area contributed by atoms with Crippen molar-refractivity contribution in [3.8, 4) is 0 Å². The van der Waals surface area contributed by atoms with Crippen molar-refractivity contribution in [2.24, 2.45) is 11.7 Å². The molecule has 96 valence electrons. The molecule has 0 fully saturated rings. The summed E-state index contributed by atoms with van der Waals surface area (Å²) in [6, 6.07) is 7.69. The van der Waals surface area contributed by atoms with Crippen molar-refractivity contribution in [2.45, 2.75) is 6.42 Å². The zero-order valence-corrected chi connectivity index (χ0v) is 11.1. The van der Waals surface area contributed by atoms with Gasteiger partial charge in [0.05, 0.1) is 0 Å². The molecule has 1 aromatic rings. The summed E-state index contributed by atoms with van der Waals surface area (Å²) in [5.74, 6) is -0.591. The largest absolute Gasteiger partial charge is 0.369 e. The molecule has 1 aliphatic rings. The van der Waals surface area contributed by atoms with Crippen LogP contribution in [0.25, 0.3) is 0 Å². The van der Waals surface area contributed by atoms with Crippen molar-refractivity contribution in [2.75, 3.05) is 23.5 Å². The number of nitrogens with two attached hydrogens (primary N) is 1. The van der Waals surface area contributed by atoms with Crippen LogP contribution in [0.5, 0.6) is 0 Å². The van der Waals surface area contributed by atoms with Crippen LogP contribution < -0.4 is 10.6 Å². The quantitative estimate of drug-likeness (QED) is 0.826. The molecule has 4 nitrogen and oxygen atoms in total. The van der Waals surface area contributed by atoms with E-state index < -0.39 is 11.8 Å². The van der Waals surface area contributed by atoms with Gasteiger partial charge in [-0.05, 0) is 24.3 Å². The van der Waals surface area contributed by atoms with Gasteiger partial charge in [0.1, 0.15) is 5.92 Å². The molecule has 18 heavy (non-hydrogen) atoms. The molecule has 2 amide bonds. The minimum atomic E-state index is -0.721. The highest BCUT2D eigenvalue weighted by Crippen LogP contribution is 2.30. The molecule has 1 aromatic carbocycles. The van der Waals surface area contributed by atoms with Gasteiger partial charge in [-0.3, -0.25) is 9.59 Å². The molecule has 2 rings (SSSR count). The molecule has 1 heterocycles. The summed E-state index contributed by atoms with van der Waals surface area (Å²) in [6.45, 7) is 0.612. The number of benzene rings is 1. The van der Waals surface area contributed by atoms with E-state index in [9.17, 15) is 9.59 Å². The summed E-state index contributed by atoms with van der Waals surface area (Å²) in [7, 11) is 0. The molecular weight excluding hydrogens is 248 g/mol. The average Bonchev–Trinajstić information content (AvgIpc) is 2.37. The van der Waals surface area contributed by atoms with Crippen LogP contribution in [0.15, 0.2) is 24.3 Å². The topological polar surface area (TPSA) is 63.4 Å². The minimum Gasteiger partial charge on any atom is -0.369 e. The fraction of sp³-hybridized carbons (Fsp3) is 0.385. The van der Waals surface area contributed by atoms with E-state index in [2.05, 4.69) is 0 Å². The van der Waals surface area contributed by atoms with Gasteiger partial charge >= 0.3 is 0 Å². The Hall–Kier alpha value is -1.49.